The van der Waals surface area contributed by atoms with Crippen molar-refractivity contribution in [3.05, 3.63) is 88.3 Å². The van der Waals surface area contributed by atoms with Crippen molar-refractivity contribution in [1.29, 1.82) is 0 Å². The average Bonchev–Trinajstić information content (AvgIpc) is 2.85. The first-order chi connectivity index (χ1) is 17.2. The summed E-state index contributed by atoms with van der Waals surface area (Å²) in [7, 11) is 1.32. The van der Waals surface area contributed by atoms with Gasteiger partial charge in [0.25, 0.3) is 0 Å². The normalized spacial score (nSPS) is 18.8. The topological polar surface area (TPSA) is 90.9 Å². The zero-order valence-electron chi connectivity index (χ0n) is 21.1. The van der Waals surface area contributed by atoms with Crippen LogP contribution in [0.25, 0.3) is 0 Å². The predicted octanol–water partition coefficient (Wildman–Crippen LogP) is 4.70. The average molecular weight is 490 g/mol. The van der Waals surface area contributed by atoms with Gasteiger partial charge in [-0.3, -0.25) is 4.79 Å². The Hall–Kier alpha value is -3.87. The number of Topliss-reactive ketones (excluding diaryl/α,β-unsaturated/α-hetero) is 1. The molecule has 188 valence electrons. The molecular formula is C29H31NO6. The zero-order chi connectivity index (χ0) is 25.9. The lowest BCUT2D eigenvalue weighted by Gasteiger charge is -2.39. The second-order valence-electron chi connectivity index (χ2n) is 9.84. The Balaban J connectivity index is 1.62. The van der Waals surface area contributed by atoms with Crippen LogP contribution in [0.3, 0.4) is 0 Å². The lowest BCUT2D eigenvalue weighted by atomic mass is 9.68. The maximum absolute atomic E-state index is 13.4. The quantitative estimate of drug-likeness (QED) is 0.445. The fourth-order valence-electron chi connectivity index (χ4n) is 4.86. The third kappa shape index (κ3) is 5.35. The number of allylic oxidation sites excluding steroid dienone is 3. The van der Waals surface area contributed by atoms with Crippen molar-refractivity contribution in [2.45, 2.75) is 39.5 Å². The lowest BCUT2D eigenvalue weighted by Crippen LogP contribution is -2.38. The van der Waals surface area contributed by atoms with E-state index in [9.17, 15) is 14.4 Å². The predicted molar refractivity (Wildman–Crippen MR) is 134 cm³/mol. The first-order valence-corrected chi connectivity index (χ1v) is 12.0. The van der Waals surface area contributed by atoms with Crippen molar-refractivity contribution in [2.75, 3.05) is 20.3 Å². The Morgan fingerprint density at radius 2 is 1.67 bits per heavy atom. The van der Waals surface area contributed by atoms with Crippen LogP contribution in [-0.2, 0) is 19.1 Å². The molecule has 2 aliphatic rings. The number of nitrogens with one attached hydrogen (secondary N) is 1. The van der Waals surface area contributed by atoms with Gasteiger partial charge in [-0.05, 0) is 48.6 Å². The largest absolute Gasteiger partial charge is 0.490 e. The van der Waals surface area contributed by atoms with Gasteiger partial charge in [0.15, 0.2) is 5.78 Å². The smallest absolute Gasteiger partial charge is 0.337 e. The summed E-state index contributed by atoms with van der Waals surface area (Å²) in [4.78, 5) is 38.7. The number of rotatable bonds is 7. The number of esters is 2. The Labute approximate surface area is 211 Å². The summed E-state index contributed by atoms with van der Waals surface area (Å²) in [6.07, 6.45) is 1.08. The van der Waals surface area contributed by atoms with Crippen LogP contribution >= 0.6 is 0 Å². The number of methoxy groups -OCH3 is 1. The van der Waals surface area contributed by atoms with Crippen LogP contribution in [0.5, 0.6) is 5.75 Å². The number of carbonyl (C=O) groups is 3. The van der Waals surface area contributed by atoms with E-state index in [4.69, 9.17) is 14.2 Å². The summed E-state index contributed by atoms with van der Waals surface area (Å²) in [6.45, 7) is 6.21. The van der Waals surface area contributed by atoms with Crippen LogP contribution in [-0.4, -0.2) is 38.0 Å². The molecule has 1 aliphatic carbocycles. The number of carbonyl (C=O) groups excluding carboxylic acids is 3. The first-order valence-electron chi connectivity index (χ1n) is 12.0. The van der Waals surface area contributed by atoms with Gasteiger partial charge in [-0.25, -0.2) is 9.59 Å². The van der Waals surface area contributed by atoms with Crippen molar-refractivity contribution in [1.82, 2.24) is 5.32 Å². The third-order valence-corrected chi connectivity index (χ3v) is 6.45. The second-order valence-corrected chi connectivity index (χ2v) is 9.84. The van der Waals surface area contributed by atoms with Gasteiger partial charge in [-0.2, -0.15) is 0 Å². The number of ketones is 1. The molecule has 36 heavy (non-hydrogen) atoms. The first kappa shape index (κ1) is 25.2. The number of para-hydroxylation sites is 1. The third-order valence-electron chi connectivity index (χ3n) is 6.45. The number of ether oxygens (including phenoxy) is 3. The molecule has 1 aliphatic heterocycles. The highest BCUT2D eigenvalue weighted by Crippen LogP contribution is 2.46. The van der Waals surface area contributed by atoms with Gasteiger partial charge in [0, 0.05) is 29.3 Å². The van der Waals surface area contributed by atoms with E-state index in [1.54, 1.807) is 24.3 Å². The molecule has 0 aromatic heterocycles. The second kappa shape index (κ2) is 10.4. The van der Waals surface area contributed by atoms with Crippen molar-refractivity contribution < 1.29 is 28.6 Å². The molecule has 1 atom stereocenters. The van der Waals surface area contributed by atoms with Gasteiger partial charge < -0.3 is 19.5 Å². The molecule has 0 amide bonds. The maximum Gasteiger partial charge on any atom is 0.337 e. The highest BCUT2D eigenvalue weighted by atomic mass is 16.6. The van der Waals surface area contributed by atoms with E-state index >= 15 is 0 Å². The van der Waals surface area contributed by atoms with Gasteiger partial charge >= 0.3 is 11.9 Å². The van der Waals surface area contributed by atoms with Crippen LogP contribution in [0.1, 0.15) is 55.5 Å². The fourth-order valence-corrected chi connectivity index (χ4v) is 4.86. The molecule has 7 heteroatoms. The van der Waals surface area contributed by atoms with Crippen molar-refractivity contribution in [3.8, 4) is 5.75 Å². The Morgan fingerprint density at radius 3 is 2.33 bits per heavy atom. The Kier molecular flexibility index (Phi) is 7.29. The van der Waals surface area contributed by atoms with Crippen LogP contribution in [0.2, 0.25) is 0 Å². The SMILES string of the molecule is COC(=O)c1ccc([C@@H]2C(C(=O)OCCOc3ccccc3)=C(C)NC3=C2C(=O)CC(C)(C)C3)cc1. The molecular weight excluding hydrogens is 458 g/mol. The van der Waals surface area contributed by atoms with Crippen LogP contribution in [0.15, 0.2) is 77.1 Å². The van der Waals surface area contributed by atoms with Crippen LogP contribution in [0, 0.1) is 5.41 Å². The van der Waals surface area contributed by atoms with Gasteiger partial charge in [-0.15, -0.1) is 0 Å². The molecule has 4 rings (SSSR count). The summed E-state index contributed by atoms with van der Waals surface area (Å²) < 4.78 is 16.0. The zero-order valence-corrected chi connectivity index (χ0v) is 21.1. The summed E-state index contributed by atoms with van der Waals surface area (Å²) in [6, 6.07) is 16.1. The summed E-state index contributed by atoms with van der Waals surface area (Å²) >= 11 is 0. The van der Waals surface area contributed by atoms with Crippen molar-refractivity contribution >= 4 is 17.7 Å². The maximum atomic E-state index is 13.4. The van der Waals surface area contributed by atoms with E-state index in [1.807, 2.05) is 37.3 Å². The monoisotopic (exact) mass is 489 g/mol. The van der Waals surface area contributed by atoms with Crippen LogP contribution < -0.4 is 10.1 Å². The molecule has 2 aromatic carbocycles. The van der Waals surface area contributed by atoms with Gasteiger partial charge in [0.1, 0.15) is 19.0 Å². The molecule has 0 radical (unpaired) electrons. The lowest BCUT2D eigenvalue weighted by molar-refractivity contribution is -0.140. The van der Waals surface area contributed by atoms with E-state index in [0.29, 0.717) is 41.0 Å². The van der Waals surface area contributed by atoms with E-state index in [0.717, 1.165) is 11.3 Å². The highest BCUT2D eigenvalue weighted by Gasteiger charge is 2.43. The van der Waals surface area contributed by atoms with E-state index < -0.39 is 17.9 Å². The fraction of sp³-hybridized carbons (Fsp3) is 0.345. The number of benzene rings is 2. The minimum Gasteiger partial charge on any atom is -0.490 e. The molecule has 1 N–H and O–H groups in total. The Morgan fingerprint density at radius 1 is 0.972 bits per heavy atom. The van der Waals surface area contributed by atoms with Crippen molar-refractivity contribution in [3.63, 3.8) is 0 Å². The van der Waals surface area contributed by atoms with Crippen LogP contribution in [0.4, 0.5) is 0 Å². The number of hydrogen-bond donors (Lipinski definition) is 1. The van der Waals surface area contributed by atoms with E-state index in [2.05, 4.69) is 19.2 Å². The molecule has 0 unspecified atom stereocenters. The standard InChI is InChI=1S/C29H31NO6/c1-18-24(28(33)36-15-14-35-21-8-6-5-7-9-21)25(19-10-12-20(13-11-19)27(32)34-4)26-22(30-18)16-29(2,3)17-23(26)31/h5-13,25,30H,14-17H2,1-4H3/t25-/m1/s1. The molecule has 0 spiro atoms. The molecule has 7 nitrogen and oxygen atoms in total. The molecule has 0 bridgehead atoms. The molecule has 0 saturated heterocycles. The minimum atomic E-state index is -0.598. The number of hydrogen-bond acceptors (Lipinski definition) is 7. The summed E-state index contributed by atoms with van der Waals surface area (Å²) in [5.41, 5.74) is 3.38. The number of dihydropyridines is 1. The van der Waals surface area contributed by atoms with Gasteiger partial charge in [0.05, 0.1) is 18.2 Å². The minimum absolute atomic E-state index is 0.000931. The van der Waals surface area contributed by atoms with Crippen molar-refractivity contribution in [2.24, 2.45) is 5.41 Å². The van der Waals surface area contributed by atoms with E-state index in [-0.39, 0.29) is 24.4 Å². The highest BCUT2D eigenvalue weighted by molar-refractivity contribution is 6.04. The molecule has 0 saturated carbocycles. The summed E-state index contributed by atoms with van der Waals surface area (Å²) in [5.74, 6) is -0.868. The van der Waals surface area contributed by atoms with E-state index in [1.165, 1.54) is 7.11 Å². The van der Waals surface area contributed by atoms with Gasteiger partial charge in [-0.1, -0.05) is 44.2 Å². The van der Waals surface area contributed by atoms with Gasteiger partial charge in [0.2, 0.25) is 0 Å². The Bertz CT molecular complexity index is 1220. The summed E-state index contributed by atoms with van der Waals surface area (Å²) in [5, 5.41) is 3.32. The molecule has 1 heterocycles. The molecule has 2 aromatic rings. The molecule has 0 fully saturated rings.